The zero-order chi connectivity index (χ0) is 13.1. The first-order chi connectivity index (χ1) is 8.61. The second-order valence-corrected chi connectivity index (χ2v) is 5.48. The van der Waals surface area contributed by atoms with Crippen LogP contribution in [-0.4, -0.2) is 5.91 Å². The fourth-order valence-corrected chi connectivity index (χ4v) is 2.92. The van der Waals surface area contributed by atoms with E-state index in [4.69, 9.17) is 0 Å². The van der Waals surface area contributed by atoms with E-state index in [1.165, 1.54) is 29.5 Å². The third-order valence-electron chi connectivity index (χ3n) is 2.51. The Bertz CT molecular complexity index is 582. The second-order valence-electron chi connectivity index (χ2n) is 3.71. The molecule has 0 atom stereocenters. The van der Waals surface area contributed by atoms with E-state index in [9.17, 15) is 9.18 Å². The monoisotopic (exact) mass is 327 g/mol. The molecular weight excluding hydrogens is 317 g/mol. The van der Waals surface area contributed by atoms with Crippen LogP contribution in [0.5, 0.6) is 0 Å². The number of anilines is 1. The van der Waals surface area contributed by atoms with Crippen LogP contribution in [-0.2, 0) is 6.42 Å². The molecule has 5 heteroatoms. The minimum atomic E-state index is -0.342. The first-order valence-electron chi connectivity index (χ1n) is 5.44. The normalized spacial score (nSPS) is 10.4. The van der Waals surface area contributed by atoms with Crippen molar-refractivity contribution in [3.05, 3.63) is 50.4 Å². The number of hydrogen-bond donors (Lipinski definition) is 1. The molecule has 2 rings (SSSR count). The summed E-state index contributed by atoms with van der Waals surface area (Å²) in [4.78, 5) is 12.8. The van der Waals surface area contributed by atoms with Crippen LogP contribution in [0, 0.1) is 5.82 Å². The van der Waals surface area contributed by atoms with Gasteiger partial charge in [-0.3, -0.25) is 4.79 Å². The van der Waals surface area contributed by atoms with Crippen LogP contribution in [0.2, 0.25) is 0 Å². The molecule has 1 aromatic heterocycles. The average Bonchev–Trinajstić information content (AvgIpc) is 2.81. The Labute approximate surface area is 117 Å². The van der Waals surface area contributed by atoms with Crippen molar-refractivity contribution in [2.45, 2.75) is 13.3 Å². The van der Waals surface area contributed by atoms with Gasteiger partial charge in [0.05, 0.1) is 10.6 Å². The number of benzene rings is 1. The fourth-order valence-electron chi connectivity index (χ4n) is 1.58. The molecule has 0 aliphatic rings. The maximum Gasteiger partial charge on any atom is 0.266 e. The predicted octanol–water partition coefficient (Wildman–Crippen LogP) is 4.46. The summed E-state index contributed by atoms with van der Waals surface area (Å²) in [5, 5.41) is 4.67. The number of rotatable bonds is 3. The van der Waals surface area contributed by atoms with Gasteiger partial charge < -0.3 is 5.32 Å². The highest BCUT2D eigenvalue weighted by Crippen LogP contribution is 2.25. The lowest BCUT2D eigenvalue weighted by Crippen LogP contribution is -2.12. The zero-order valence-corrected chi connectivity index (χ0v) is 12.1. The molecule has 0 saturated heterocycles. The number of aryl methyl sites for hydroxylation is 1. The van der Waals surface area contributed by atoms with Crippen molar-refractivity contribution < 1.29 is 9.18 Å². The van der Waals surface area contributed by atoms with Crippen molar-refractivity contribution in [1.29, 1.82) is 0 Å². The lowest BCUT2D eigenvalue weighted by molar-refractivity contribution is 0.102. The summed E-state index contributed by atoms with van der Waals surface area (Å²) in [5.74, 6) is -0.501. The van der Waals surface area contributed by atoms with E-state index < -0.39 is 0 Å². The number of halogens is 2. The van der Waals surface area contributed by atoms with E-state index in [1.54, 1.807) is 0 Å². The molecule has 0 spiro atoms. The van der Waals surface area contributed by atoms with Crippen LogP contribution < -0.4 is 5.32 Å². The van der Waals surface area contributed by atoms with E-state index >= 15 is 0 Å². The largest absolute Gasteiger partial charge is 0.320 e. The molecular formula is C13H11BrFNOS. The van der Waals surface area contributed by atoms with Crippen LogP contribution in [0.3, 0.4) is 0 Å². The first-order valence-corrected chi connectivity index (χ1v) is 7.12. The van der Waals surface area contributed by atoms with Gasteiger partial charge in [0.25, 0.3) is 5.91 Å². The molecule has 0 saturated carbocycles. The van der Waals surface area contributed by atoms with E-state index in [0.717, 1.165) is 12.0 Å². The summed E-state index contributed by atoms with van der Waals surface area (Å²) in [6, 6.07) is 6.12. The summed E-state index contributed by atoms with van der Waals surface area (Å²) in [5.41, 5.74) is 1.59. The van der Waals surface area contributed by atoms with Gasteiger partial charge in [-0.1, -0.05) is 6.92 Å². The molecule has 1 aromatic carbocycles. The van der Waals surface area contributed by atoms with Crippen LogP contribution in [0.15, 0.2) is 34.1 Å². The molecule has 94 valence electrons. The number of nitrogens with one attached hydrogen (secondary N) is 1. The van der Waals surface area contributed by atoms with E-state index in [1.807, 2.05) is 18.4 Å². The van der Waals surface area contributed by atoms with Gasteiger partial charge in [-0.25, -0.2) is 4.39 Å². The van der Waals surface area contributed by atoms with Gasteiger partial charge in [0, 0.05) is 4.47 Å². The van der Waals surface area contributed by atoms with Crippen LogP contribution >= 0.6 is 27.3 Å². The molecule has 0 bridgehead atoms. The average molecular weight is 328 g/mol. The Morgan fingerprint density at radius 3 is 2.89 bits per heavy atom. The van der Waals surface area contributed by atoms with Crippen LogP contribution in [0.4, 0.5) is 10.1 Å². The number of carbonyl (C=O) groups excluding carboxylic acids is 1. The summed E-state index contributed by atoms with van der Waals surface area (Å²) >= 11 is 4.63. The quantitative estimate of drug-likeness (QED) is 0.885. The third kappa shape index (κ3) is 2.79. The van der Waals surface area contributed by atoms with Gasteiger partial charge in [-0.05, 0) is 57.6 Å². The molecule has 2 aromatic rings. The first kappa shape index (κ1) is 13.2. The predicted molar refractivity (Wildman–Crippen MR) is 75.8 cm³/mol. The summed E-state index contributed by atoms with van der Waals surface area (Å²) in [6.07, 6.45) is 0.816. The Morgan fingerprint density at radius 2 is 2.22 bits per heavy atom. The van der Waals surface area contributed by atoms with Gasteiger partial charge in [-0.15, -0.1) is 11.3 Å². The van der Waals surface area contributed by atoms with E-state index in [0.29, 0.717) is 15.0 Å². The molecule has 1 amide bonds. The maximum absolute atomic E-state index is 12.9. The Morgan fingerprint density at radius 1 is 1.44 bits per heavy atom. The third-order valence-corrected chi connectivity index (χ3v) is 4.12. The molecule has 0 fully saturated rings. The van der Waals surface area contributed by atoms with Crippen molar-refractivity contribution in [2.24, 2.45) is 0 Å². The molecule has 18 heavy (non-hydrogen) atoms. The van der Waals surface area contributed by atoms with Crippen molar-refractivity contribution in [3.8, 4) is 0 Å². The Kier molecular flexibility index (Phi) is 4.14. The summed E-state index contributed by atoms with van der Waals surface area (Å²) in [6.45, 7) is 2.01. The second kappa shape index (κ2) is 5.63. The lowest BCUT2D eigenvalue weighted by atomic mass is 10.2. The fraction of sp³-hybridized carbons (Fsp3) is 0.154. The van der Waals surface area contributed by atoms with Crippen LogP contribution in [0.1, 0.15) is 22.2 Å². The van der Waals surface area contributed by atoms with Crippen LogP contribution in [0.25, 0.3) is 0 Å². The molecule has 1 heterocycles. The SMILES string of the molecule is CCc1ccsc1C(=O)Nc1ccc(F)cc1Br. The standard InChI is InChI=1S/C13H11BrFNOS/c1-2-8-5-6-18-12(8)13(17)16-11-4-3-9(15)7-10(11)14/h3-7H,2H2,1H3,(H,16,17). The smallest absolute Gasteiger partial charge is 0.266 e. The Balaban J connectivity index is 2.21. The molecule has 0 unspecified atom stereocenters. The van der Waals surface area contributed by atoms with Gasteiger partial charge in [0.1, 0.15) is 5.82 Å². The molecule has 0 radical (unpaired) electrons. The lowest BCUT2D eigenvalue weighted by Gasteiger charge is -2.07. The minimum Gasteiger partial charge on any atom is -0.320 e. The number of amides is 1. The highest BCUT2D eigenvalue weighted by atomic mass is 79.9. The summed E-state index contributed by atoms with van der Waals surface area (Å²) in [7, 11) is 0. The molecule has 0 aliphatic heterocycles. The summed E-state index contributed by atoms with van der Waals surface area (Å²) < 4.78 is 13.5. The van der Waals surface area contributed by atoms with Gasteiger partial charge in [0.2, 0.25) is 0 Å². The number of thiophene rings is 1. The van der Waals surface area contributed by atoms with E-state index in [2.05, 4.69) is 21.2 Å². The maximum atomic E-state index is 12.9. The van der Waals surface area contributed by atoms with E-state index in [-0.39, 0.29) is 11.7 Å². The van der Waals surface area contributed by atoms with Crippen molar-refractivity contribution in [1.82, 2.24) is 0 Å². The van der Waals surface area contributed by atoms with Gasteiger partial charge in [0.15, 0.2) is 0 Å². The van der Waals surface area contributed by atoms with Crippen molar-refractivity contribution >= 4 is 38.9 Å². The van der Waals surface area contributed by atoms with Gasteiger partial charge >= 0.3 is 0 Å². The minimum absolute atomic E-state index is 0.158. The number of carbonyl (C=O) groups is 1. The number of hydrogen-bond acceptors (Lipinski definition) is 2. The van der Waals surface area contributed by atoms with Crippen molar-refractivity contribution in [3.63, 3.8) is 0 Å². The van der Waals surface area contributed by atoms with Crippen molar-refractivity contribution in [2.75, 3.05) is 5.32 Å². The zero-order valence-electron chi connectivity index (χ0n) is 9.67. The topological polar surface area (TPSA) is 29.1 Å². The van der Waals surface area contributed by atoms with Gasteiger partial charge in [-0.2, -0.15) is 0 Å². The highest BCUT2D eigenvalue weighted by molar-refractivity contribution is 9.10. The molecule has 1 N–H and O–H groups in total. The Hall–Kier alpha value is -1.20. The molecule has 0 aliphatic carbocycles. The molecule has 2 nitrogen and oxygen atoms in total. The highest BCUT2D eigenvalue weighted by Gasteiger charge is 2.13.